The number of phenols is 1. The number of nitrogens with zero attached hydrogens (tertiary/aromatic N) is 2. The van der Waals surface area contributed by atoms with Crippen molar-refractivity contribution in [2.75, 3.05) is 0 Å². The number of aliphatic hydroxyl groups excluding tert-OH is 2. The van der Waals surface area contributed by atoms with E-state index in [2.05, 4.69) is 15.3 Å². The summed E-state index contributed by atoms with van der Waals surface area (Å²) in [4.78, 5) is 58.0. The molecule has 3 aliphatic rings. The van der Waals surface area contributed by atoms with Crippen LogP contribution in [-0.4, -0.2) is 64.5 Å². The number of aliphatic hydroxyl groups is 3. The van der Waals surface area contributed by atoms with E-state index in [1.807, 2.05) is 0 Å². The molecule has 1 aromatic heterocycles. The summed E-state index contributed by atoms with van der Waals surface area (Å²) >= 11 is 0. The molecular formula is C25H22N4O9. The van der Waals surface area contributed by atoms with Crippen LogP contribution in [0.5, 0.6) is 11.6 Å². The maximum absolute atomic E-state index is 13.5. The molecule has 2 aromatic rings. The zero-order valence-electron chi connectivity index (χ0n) is 19.6. The smallest absolute Gasteiger partial charge is 0.270 e. The van der Waals surface area contributed by atoms with Gasteiger partial charge in [0.05, 0.1) is 5.56 Å². The molecule has 0 unspecified atom stereocenters. The normalized spacial score (nSPS) is 24.4. The number of aromatic hydroxyl groups is 2. The molecule has 0 spiro atoms. The molecule has 5 rings (SSSR count). The zero-order chi connectivity index (χ0) is 27.5. The molecule has 38 heavy (non-hydrogen) atoms. The molecule has 3 atom stereocenters. The fraction of sp³-hybridized carbons (Fsp3) is 0.280. The van der Waals surface area contributed by atoms with Gasteiger partial charge in [-0.3, -0.25) is 19.2 Å². The zero-order valence-corrected chi connectivity index (χ0v) is 19.6. The van der Waals surface area contributed by atoms with Crippen molar-refractivity contribution in [1.29, 1.82) is 0 Å². The first-order chi connectivity index (χ1) is 17.9. The summed E-state index contributed by atoms with van der Waals surface area (Å²) in [5.41, 5.74) is 2.07. The molecule has 0 saturated heterocycles. The van der Waals surface area contributed by atoms with E-state index in [4.69, 9.17) is 5.73 Å². The Bertz CT molecular complexity index is 1510. The molecule has 3 aliphatic carbocycles. The topological polar surface area (TPSA) is 233 Å². The Hall–Kier alpha value is -4.78. The minimum absolute atomic E-state index is 0.00934. The molecule has 13 heteroatoms. The molecule has 0 saturated carbocycles. The third-order valence-corrected chi connectivity index (χ3v) is 7.37. The van der Waals surface area contributed by atoms with Gasteiger partial charge in [0.1, 0.15) is 34.9 Å². The number of nitrogens with two attached hydrogens (primary N) is 1. The van der Waals surface area contributed by atoms with Crippen molar-refractivity contribution in [2.45, 2.75) is 31.4 Å². The number of hydrogen-bond acceptors (Lipinski definition) is 11. The van der Waals surface area contributed by atoms with E-state index >= 15 is 0 Å². The highest BCUT2D eigenvalue weighted by molar-refractivity contribution is 6.24. The van der Waals surface area contributed by atoms with Gasteiger partial charge in [0.15, 0.2) is 11.4 Å². The van der Waals surface area contributed by atoms with Crippen LogP contribution in [0.4, 0.5) is 0 Å². The van der Waals surface area contributed by atoms with Gasteiger partial charge in [-0.15, -0.1) is 0 Å². The van der Waals surface area contributed by atoms with E-state index in [9.17, 15) is 44.7 Å². The lowest BCUT2D eigenvalue weighted by atomic mass is 9.60. The van der Waals surface area contributed by atoms with Gasteiger partial charge in [-0.2, -0.15) is 0 Å². The molecule has 0 bridgehead atoms. The molecule has 8 N–H and O–H groups in total. The van der Waals surface area contributed by atoms with Crippen LogP contribution in [0.25, 0.3) is 0 Å². The second-order valence-electron chi connectivity index (χ2n) is 9.45. The number of carbonyl (C=O) groups excluding carboxylic acids is 4. The van der Waals surface area contributed by atoms with Gasteiger partial charge < -0.3 is 36.6 Å². The van der Waals surface area contributed by atoms with E-state index in [0.717, 1.165) is 12.4 Å². The summed E-state index contributed by atoms with van der Waals surface area (Å²) in [6.45, 7) is -0.0748. The Balaban J connectivity index is 1.52. The van der Waals surface area contributed by atoms with Crippen LogP contribution >= 0.6 is 0 Å². The molecular weight excluding hydrogens is 500 g/mol. The van der Waals surface area contributed by atoms with Crippen LogP contribution in [0, 0.1) is 11.8 Å². The van der Waals surface area contributed by atoms with Gasteiger partial charge in [0, 0.05) is 30.5 Å². The summed E-state index contributed by atoms with van der Waals surface area (Å²) in [6, 6.07) is 3.84. The number of rotatable bonds is 4. The van der Waals surface area contributed by atoms with Crippen molar-refractivity contribution in [1.82, 2.24) is 15.3 Å². The quantitative estimate of drug-likeness (QED) is 0.264. The monoisotopic (exact) mass is 522 g/mol. The number of allylic oxidation sites excluding steroid dienone is 2. The Morgan fingerprint density at radius 2 is 1.84 bits per heavy atom. The molecule has 1 heterocycles. The minimum Gasteiger partial charge on any atom is -0.511 e. The van der Waals surface area contributed by atoms with Crippen molar-refractivity contribution < 1.29 is 44.7 Å². The summed E-state index contributed by atoms with van der Waals surface area (Å²) < 4.78 is 0. The van der Waals surface area contributed by atoms with E-state index < -0.39 is 63.7 Å². The molecule has 1 aromatic carbocycles. The average molecular weight is 522 g/mol. The predicted molar refractivity (Wildman–Crippen MR) is 126 cm³/mol. The highest BCUT2D eigenvalue weighted by Gasteiger charge is 2.59. The highest BCUT2D eigenvalue weighted by atomic mass is 16.3. The third-order valence-electron chi connectivity index (χ3n) is 7.37. The highest BCUT2D eigenvalue weighted by Crippen LogP contribution is 2.51. The Morgan fingerprint density at radius 1 is 1.11 bits per heavy atom. The van der Waals surface area contributed by atoms with Gasteiger partial charge in [0.2, 0.25) is 11.7 Å². The maximum atomic E-state index is 13.5. The van der Waals surface area contributed by atoms with Gasteiger partial charge in [-0.1, -0.05) is 6.07 Å². The third kappa shape index (κ3) is 3.58. The number of phenolic OH excluding ortho intramolecular Hbond substituents is 1. The predicted octanol–water partition coefficient (Wildman–Crippen LogP) is 0.00610. The second-order valence-corrected chi connectivity index (χ2v) is 9.45. The van der Waals surface area contributed by atoms with Crippen molar-refractivity contribution in [3.05, 3.63) is 69.6 Å². The van der Waals surface area contributed by atoms with E-state index in [1.165, 1.54) is 12.1 Å². The van der Waals surface area contributed by atoms with Crippen molar-refractivity contribution >= 4 is 23.4 Å². The second kappa shape index (κ2) is 8.66. The lowest BCUT2D eigenvalue weighted by Crippen LogP contribution is -2.57. The summed E-state index contributed by atoms with van der Waals surface area (Å²) in [5.74, 6) is -8.10. The van der Waals surface area contributed by atoms with Gasteiger partial charge in [0.25, 0.3) is 11.8 Å². The van der Waals surface area contributed by atoms with E-state index in [1.54, 1.807) is 0 Å². The number of benzene rings is 1. The molecule has 13 nitrogen and oxygen atoms in total. The number of aromatic nitrogens is 2. The summed E-state index contributed by atoms with van der Waals surface area (Å²) in [5, 5.41) is 55.2. The number of primary amides is 1. The molecule has 0 aliphatic heterocycles. The van der Waals surface area contributed by atoms with Gasteiger partial charge in [-0.25, -0.2) is 9.97 Å². The molecule has 0 radical (unpaired) electrons. The van der Waals surface area contributed by atoms with Crippen molar-refractivity contribution in [3.8, 4) is 11.6 Å². The number of fused-ring (bicyclic) bond motifs is 3. The standard InChI is InChI=1S/C25H22N4O9/c26-23(36)19-15(31)5-11-3-10-4-12-9(7-27-24(37)13-6-16(32)29-8-28-13)1-2-14(30)18(12)20(33)17(10)21(34)25(11,38)22(19)35/h1-2,6,8,10-11,30-31,34,38H,3-5,7H2,(H2,26,36)(H,27,37)(H,28,29,32)/t10-,11+,25+/m1/s1. The number of Topliss-reactive ketones (excluding diaryl/α,β-unsaturated/α-hetero) is 2. The number of ketones is 2. The summed E-state index contributed by atoms with van der Waals surface area (Å²) in [7, 11) is 0. The van der Waals surface area contributed by atoms with Crippen molar-refractivity contribution in [3.63, 3.8) is 0 Å². The van der Waals surface area contributed by atoms with Crippen LogP contribution in [-0.2, 0) is 22.6 Å². The lowest BCUT2D eigenvalue weighted by molar-refractivity contribution is -0.144. The molecule has 196 valence electrons. The Kier molecular flexibility index (Phi) is 5.67. The Morgan fingerprint density at radius 3 is 2.53 bits per heavy atom. The summed E-state index contributed by atoms with van der Waals surface area (Å²) in [6.07, 6.45) is 0.780. The van der Waals surface area contributed by atoms with Crippen molar-refractivity contribution in [2.24, 2.45) is 17.6 Å². The average Bonchev–Trinajstić information content (AvgIpc) is 2.85. The first-order valence-corrected chi connectivity index (χ1v) is 11.5. The largest absolute Gasteiger partial charge is 0.511 e. The van der Waals surface area contributed by atoms with E-state index in [-0.39, 0.29) is 48.5 Å². The van der Waals surface area contributed by atoms with Crippen LogP contribution < -0.4 is 11.1 Å². The van der Waals surface area contributed by atoms with Crippen LogP contribution in [0.3, 0.4) is 0 Å². The lowest BCUT2D eigenvalue weighted by Gasteiger charge is -2.45. The SMILES string of the molecule is NC(=O)C1=C(O)C[C@@H]2C[C@@H]3Cc4c(CNC(=O)c5cc(O)ncn5)ccc(O)c4C(=O)C3=C(O)[C@]2(O)C1=O. The molecule has 0 fully saturated rings. The van der Waals surface area contributed by atoms with Crippen LogP contribution in [0.2, 0.25) is 0 Å². The minimum atomic E-state index is -2.64. The van der Waals surface area contributed by atoms with Gasteiger partial charge in [-0.05, 0) is 36.0 Å². The first kappa shape index (κ1) is 24.9. The number of carbonyl (C=O) groups is 4. The van der Waals surface area contributed by atoms with Gasteiger partial charge >= 0.3 is 0 Å². The van der Waals surface area contributed by atoms with E-state index in [0.29, 0.717) is 11.1 Å². The maximum Gasteiger partial charge on any atom is 0.270 e. The van der Waals surface area contributed by atoms with Crippen LogP contribution in [0.15, 0.2) is 47.2 Å². The van der Waals surface area contributed by atoms with Crippen LogP contribution in [0.1, 0.15) is 44.8 Å². The fourth-order valence-electron chi connectivity index (χ4n) is 5.59. The number of amides is 2. The number of hydrogen-bond donors (Lipinski definition) is 7. The fourth-order valence-corrected chi connectivity index (χ4v) is 5.59. The molecule has 2 amide bonds. The first-order valence-electron chi connectivity index (χ1n) is 11.5. The number of nitrogens with one attached hydrogen (secondary N) is 1. The Labute approximate surface area is 214 Å².